The van der Waals surface area contributed by atoms with Crippen molar-refractivity contribution in [2.24, 2.45) is 0 Å². The van der Waals surface area contributed by atoms with E-state index in [0.29, 0.717) is 22.7 Å². The first-order chi connectivity index (χ1) is 22.4. The summed E-state index contributed by atoms with van der Waals surface area (Å²) >= 11 is 0. The standard InChI is InChI=1S/C37H24N4O5/c42-36(43)25-14-16-39-31(18-25)33-20-26(37(44)45)19-32(40-33)30-17-24(13-15-38-30)34-21-23-11-12-29(22-35(23)46-34)41(27-7-3-1-4-8-27)28-9-5-2-6-10-28/h1-22H,(H,42,43)(H,44,45). The van der Waals surface area contributed by atoms with E-state index >= 15 is 0 Å². The average molecular weight is 605 g/mol. The van der Waals surface area contributed by atoms with Crippen LogP contribution in [-0.4, -0.2) is 37.1 Å². The van der Waals surface area contributed by atoms with Crippen molar-refractivity contribution in [2.45, 2.75) is 0 Å². The highest BCUT2D eigenvalue weighted by atomic mass is 16.4. The highest BCUT2D eigenvalue weighted by Crippen LogP contribution is 2.38. The summed E-state index contributed by atoms with van der Waals surface area (Å²) < 4.78 is 6.36. The van der Waals surface area contributed by atoms with Crippen molar-refractivity contribution in [3.63, 3.8) is 0 Å². The van der Waals surface area contributed by atoms with Gasteiger partial charge in [-0.05, 0) is 78.9 Å². The Kier molecular flexibility index (Phi) is 7.24. The second-order valence-electron chi connectivity index (χ2n) is 10.4. The van der Waals surface area contributed by atoms with Crippen LogP contribution in [0.3, 0.4) is 0 Å². The largest absolute Gasteiger partial charge is 0.478 e. The Morgan fingerprint density at radius 1 is 0.565 bits per heavy atom. The Hall–Kier alpha value is -6.61. The van der Waals surface area contributed by atoms with Crippen LogP contribution in [-0.2, 0) is 0 Å². The van der Waals surface area contributed by atoms with Crippen molar-refractivity contribution < 1.29 is 24.2 Å². The van der Waals surface area contributed by atoms with Gasteiger partial charge < -0.3 is 19.5 Å². The molecule has 4 aromatic heterocycles. The molecule has 0 unspecified atom stereocenters. The smallest absolute Gasteiger partial charge is 0.335 e. The van der Waals surface area contributed by atoms with Crippen LogP contribution in [0.2, 0.25) is 0 Å². The van der Waals surface area contributed by atoms with Crippen molar-refractivity contribution >= 4 is 40.0 Å². The molecule has 0 fully saturated rings. The van der Waals surface area contributed by atoms with E-state index < -0.39 is 11.9 Å². The van der Waals surface area contributed by atoms with Crippen molar-refractivity contribution in [1.82, 2.24) is 15.0 Å². The van der Waals surface area contributed by atoms with Crippen LogP contribution >= 0.6 is 0 Å². The fourth-order valence-corrected chi connectivity index (χ4v) is 5.25. The van der Waals surface area contributed by atoms with E-state index in [1.165, 1.54) is 30.5 Å². The van der Waals surface area contributed by atoms with Crippen LogP contribution < -0.4 is 4.90 Å². The number of carboxylic acids is 2. The first-order valence-electron chi connectivity index (χ1n) is 14.3. The summed E-state index contributed by atoms with van der Waals surface area (Å²) in [5.41, 5.74) is 5.50. The molecule has 4 heterocycles. The van der Waals surface area contributed by atoms with Gasteiger partial charge >= 0.3 is 11.9 Å². The molecule has 0 spiro atoms. The lowest BCUT2D eigenvalue weighted by Gasteiger charge is -2.25. The third kappa shape index (κ3) is 5.56. The number of aromatic nitrogens is 3. The van der Waals surface area contributed by atoms with Crippen LogP contribution in [0, 0.1) is 0 Å². The molecule has 0 atom stereocenters. The molecule has 0 amide bonds. The number of aromatic carboxylic acids is 2. The number of nitrogens with zero attached hydrogens (tertiary/aromatic N) is 4. The van der Waals surface area contributed by atoms with E-state index in [0.717, 1.165) is 28.0 Å². The van der Waals surface area contributed by atoms with Crippen LogP contribution in [0.1, 0.15) is 20.7 Å². The Morgan fingerprint density at radius 3 is 1.78 bits per heavy atom. The lowest BCUT2D eigenvalue weighted by atomic mass is 10.1. The van der Waals surface area contributed by atoms with Gasteiger partial charge in [-0.15, -0.1) is 0 Å². The van der Waals surface area contributed by atoms with Crippen LogP contribution in [0.15, 0.2) is 138 Å². The molecule has 0 aliphatic carbocycles. The maximum Gasteiger partial charge on any atom is 0.335 e. The molecule has 9 heteroatoms. The van der Waals surface area contributed by atoms with Crippen molar-refractivity contribution in [2.75, 3.05) is 4.90 Å². The first-order valence-corrected chi connectivity index (χ1v) is 14.3. The van der Waals surface area contributed by atoms with E-state index in [2.05, 4.69) is 50.2 Å². The Morgan fingerprint density at radius 2 is 1.15 bits per heavy atom. The van der Waals surface area contributed by atoms with E-state index in [4.69, 9.17) is 4.42 Å². The first kappa shape index (κ1) is 28.2. The number of pyridine rings is 3. The van der Waals surface area contributed by atoms with Gasteiger partial charge in [-0.2, -0.15) is 0 Å². The van der Waals surface area contributed by atoms with E-state index in [1.54, 1.807) is 12.3 Å². The molecular formula is C37H24N4O5. The summed E-state index contributed by atoms with van der Waals surface area (Å²) in [4.78, 5) is 38.9. The molecule has 3 aromatic carbocycles. The molecular weight excluding hydrogens is 580 g/mol. The second kappa shape index (κ2) is 11.8. The minimum atomic E-state index is -1.16. The zero-order valence-corrected chi connectivity index (χ0v) is 24.1. The number of furan rings is 1. The second-order valence-corrected chi connectivity index (χ2v) is 10.4. The monoisotopic (exact) mass is 604 g/mol. The number of rotatable bonds is 8. The molecule has 9 nitrogen and oxygen atoms in total. The van der Waals surface area contributed by atoms with E-state index in [9.17, 15) is 19.8 Å². The fourth-order valence-electron chi connectivity index (χ4n) is 5.25. The van der Waals surface area contributed by atoms with Crippen molar-refractivity contribution in [1.29, 1.82) is 0 Å². The van der Waals surface area contributed by atoms with Gasteiger partial charge in [0.2, 0.25) is 0 Å². The Labute approximate surface area is 262 Å². The summed E-state index contributed by atoms with van der Waals surface area (Å²) in [6.45, 7) is 0. The molecule has 0 aliphatic heterocycles. The van der Waals surface area contributed by atoms with Gasteiger partial charge in [-0.25, -0.2) is 14.6 Å². The lowest BCUT2D eigenvalue weighted by molar-refractivity contribution is 0.0686. The molecule has 222 valence electrons. The predicted octanol–water partition coefficient (Wildman–Crippen LogP) is 8.49. The molecule has 0 bridgehead atoms. The molecule has 0 saturated heterocycles. The maximum atomic E-state index is 12.0. The summed E-state index contributed by atoms with van der Waals surface area (Å²) in [5, 5.41) is 20.1. The van der Waals surface area contributed by atoms with Gasteiger partial charge in [-0.1, -0.05) is 36.4 Å². The van der Waals surface area contributed by atoms with Crippen LogP contribution in [0.25, 0.3) is 45.1 Å². The summed E-state index contributed by atoms with van der Waals surface area (Å²) in [6.07, 6.45) is 2.95. The average Bonchev–Trinajstić information content (AvgIpc) is 3.53. The minimum Gasteiger partial charge on any atom is -0.478 e. The van der Waals surface area contributed by atoms with Gasteiger partial charge in [0.05, 0.1) is 33.9 Å². The molecule has 7 rings (SSSR count). The topological polar surface area (TPSA) is 130 Å². The third-order valence-electron chi connectivity index (χ3n) is 7.44. The normalized spacial score (nSPS) is 11.0. The fraction of sp³-hybridized carbons (Fsp3) is 0. The summed E-state index contributed by atoms with van der Waals surface area (Å²) in [5.74, 6) is -1.69. The van der Waals surface area contributed by atoms with E-state index in [1.807, 2.05) is 60.7 Å². The van der Waals surface area contributed by atoms with Gasteiger partial charge in [0, 0.05) is 46.5 Å². The van der Waals surface area contributed by atoms with Gasteiger partial charge in [0.25, 0.3) is 0 Å². The number of anilines is 3. The number of fused-ring (bicyclic) bond motifs is 1. The molecule has 2 N–H and O–H groups in total. The van der Waals surface area contributed by atoms with E-state index in [-0.39, 0.29) is 22.5 Å². The molecule has 46 heavy (non-hydrogen) atoms. The Bertz CT molecular complexity index is 2190. The molecule has 7 aromatic rings. The molecule has 0 saturated carbocycles. The number of para-hydroxylation sites is 2. The van der Waals surface area contributed by atoms with Gasteiger partial charge in [-0.3, -0.25) is 9.97 Å². The quantitative estimate of drug-likeness (QED) is 0.175. The van der Waals surface area contributed by atoms with Gasteiger partial charge in [0.1, 0.15) is 11.3 Å². The number of benzene rings is 3. The SMILES string of the molecule is O=C(O)c1ccnc(-c2cc(C(=O)O)cc(-c3cc(-c4cc5ccc(N(c6ccccc6)c6ccccc6)cc5o4)ccn3)n2)c1. The van der Waals surface area contributed by atoms with Crippen LogP contribution in [0.5, 0.6) is 0 Å². The summed E-state index contributed by atoms with van der Waals surface area (Å²) in [6, 6.07) is 37.3. The Balaban J connectivity index is 1.27. The zero-order valence-electron chi connectivity index (χ0n) is 24.1. The number of carboxylic acid groups (broad SMARTS) is 2. The number of hydrogen-bond acceptors (Lipinski definition) is 7. The van der Waals surface area contributed by atoms with Gasteiger partial charge in [0.15, 0.2) is 0 Å². The summed E-state index contributed by atoms with van der Waals surface area (Å²) in [7, 11) is 0. The molecule has 0 aliphatic rings. The molecule has 0 radical (unpaired) electrons. The minimum absolute atomic E-state index is 0.0119. The number of carbonyl (C=O) groups is 2. The maximum absolute atomic E-state index is 12.0. The zero-order chi connectivity index (χ0) is 31.6. The van der Waals surface area contributed by atoms with Crippen LogP contribution in [0.4, 0.5) is 17.1 Å². The van der Waals surface area contributed by atoms with Crippen molar-refractivity contribution in [3.05, 3.63) is 145 Å². The highest BCUT2D eigenvalue weighted by Gasteiger charge is 2.17. The third-order valence-corrected chi connectivity index (χ3v) is 7.44. The lowest BCUT2D eigenvalue weighted by Crippen LogP contribution is -2.09. The number of hydrogen-bond donors (Lipinski definition) is 2. The van der Waals surface area contributed by atoms with Crippen molar-refractivity contribution in [3.8, 4) is 34.1 Å². The highest BCUT2D eigenvalue weighted by molar-refractivity contribution is 5.92. The predicted molar refractivity (Wildman–Crippen MR) is 175 cm³/mol.